The monoisotopic (exact) mass is 151 g/mol. The minimum atomic E-state index is 0.634. The molecule has 0 unspecified atom stereocenters. The molecule has 0 N–H and O–H groups in total. The largest absolute Gasteiger partial charge is 0.398 e. The van der Waals surface area contributed by atoms with Gasteiger partial charge in [-0.3, -0.25) is 0 Å². The van der Waals surface area contributed by atoms with Gasteiger partial charge in [-0.1, -0.05) is 12.1 Å². The Morgan fingerprint density at radius 2 is 2.10 bits per heavy atom. The molecule has 0 bridgehead atoms. The molecule has 2 nitrogen and oxygen atoms in total. The first-order valence-corrected chi connectivity index (χ1v) is 4.09. The summed E-state index contributed by atoms with van der Waals surface area (Å²) in [6.45, 7) is 0. The van der Waals surface area contributed by atoms with Gasteiger partial charge in [-0.15, -0.1) is 11.8 Å². The number of rotatable bonds is 1. The maximum absolute atomic E-state index is 8.46. The van der Waals surface area contributed by atoms with Gasteiger partial charge in [0.25, 0.3) is 0 Å². The molecule has 3 heteroatoms. The highest BCUT2D eigenvalue weighted by Gasteiger charge is 2.09. The minimum absolute atomic E-state index is 0.634. The van der Waals surface area contributed by atoms with Crippen LogP contribution in [-0.2, 0) is 0 Å². The van der Waals surface area contributed by atoms with Crippen LogP contribution in [-0.4, -0.2) is 6.26 Å². The van der Waals surface area contributed by atoms with E-state index in [1.54, 1.807) is 17.8 Å². The van der Waals surface area contributed by atoms with Crippen LogP contribution in [0, 0.1) is 5.39 Å². The number of hydrogen-bond donors (Lipinski definition) is 0. The topological polar surface area (TPSA) is 28.1 Å². The van der Waals surface area contributed by atoms with Gasteiger partial charge in [-0.25, -0.2) is 0 Å². The van der Waals surface area contributed by atoms with Gasteiger partial charge < -0.3 is 0 Å². The minimum Gasteiger partial charge on any atom is -0.121 e. The Bertz CT molecular complexity index is 265. The van der Waals surface area contributed by atoms with Gasteiger partial charge >= 0.3 is 5.69 Å². The van der Waals surface area contributed by atoms with E-state index in [0.717, 1.165) is 4.90 Å². The fraction of sp³-hybridized carbons (Fsp3) is 0.143. The molecule has 50 valence electrons. The Morgan fingerprint density at radius 3 is 2.60 bits per heavy atom. The molecule has 0 radical (unpaired) electrons. The van der Waals surface area contributed by atoms with E-state index in [0.29, 0.717) is 5.69 Å². The van der Waals surface area contributed by atoms with E-state index in [2.05, 4.69) is 4.98 Å². The Balaban J connectivity index is 3.12. The van der Waals surface area contributed by atoms with E-state index in [4.69, 9.17) is 5.39 Å². The summed E-state index contributed by atoms with van der Waals surface area (Å²) in [4.78, 5) is 4.11. The lowest BCUT2D eigenvalue weighted by atomic mass is 10.3. The molecule has 0 aromatic heterocycles. The maximum Gasteiger partial charge on any atom is 0.398 e. The summed E-state index contributed by atoms with van der Waals surface area (Å²) in [5.74, 6) is 0. The highest BCUT2D eigenvalue weighted by molar-refractivity contribution is 7.98. The molecule has 1 aromatic rings. The summed E-state index contributed by atoms with van der Waals surface area (Å²) < 4.78 is 0. The van der Waals surface area contributed by atoms with E-state index in [1.165, 1.54) is 0 Å². The van der Waals surface area contributed by atoms with Crippen molar-refractivity contribution in [3.63, 3.8) is 0 Å². The zero-order valence-corrected chi connectivity index (χ0v) is 6.43. The first-order valence-electron chi connectivity index (χ1n) is 2.86. The summed E-state index contributed by atoms with van der Waals surface area (Å²) >= 11 is 1.57. The number of hydrogen-bond acceptors (Lipinski definition) is 2. The zero-order valence-electron chi connectivity index (χ0n) is 5.61. The third-order valence-corrected chi connectivity index (χ3v) is 1.98. The Kier molecular flexibility index (Phi) is 2.30. The summed E-state index contributed by atoms with van der Waals surface area (Å²) in [7, 11) is 0. The van der Waals surface area contributed by atoms with Crippen LogP contribution in [0.2, 0.25) is 0 Å². The molecule has 0 heterocycles. The van der Waals surface area contributed by atoms with Gasteiger partial charge in [-0.05, 0) is 12.3 Å². The second-order valence-corrected chi connectivity index (χ2v) is 2.62. The third kappa shape index (κ3) is 1.28. The second kappa shape index (κ2) is 3.23. The molecule has 1 aromatic carbocycles. The summed E-state index contributed by atoms with van der Waals surface area (Å²) in [6, 6.07) is 7.45. The SMILES string of the molecule is CSc1ccccc1[N+]#N. The van der Waals surface area contributed by atoms with E-state index in [-0.39, 0.29) is 0 Å². The van der Waals surface area contributed by atoms with E-state index in [9.17, 15) is 0 Å². The van der Waals surface area contributed by atoms with Crippen molar-refractivity contribution in [2.75, 3.05) is 6.26 Å². The molecule has 0 saturated carbocycles. The summed E-state index contributed by atoms with van der Waals surface area (Å²) in [5.41, 5.74) is 0.634. The molecule has 0 aliphatic carbocycles. The Hall–Kier alpha value is -1.01. The number of benzene rings is 1. The van der Waals surface area contributed by atoms with Crippen LogP contribution in [0.3, 0.4) is 0 Å². The molecule has 0 amide bonds. The highest BCUT2D eigenvalue weighted by Crippen LogP contribution is 2.26. The van der Waals surface area contributed by atoms with Crippen LogP contribution in [0.15, 0.2) is 29.2 Å². The van der Waals surface area contributed by atoms with Gasteiger partial charge in [0.1, 0.15) is 4.90 Å². The van der Waals surface area contributed by atoms with Crippen molar-refractivity contribution in [1.82, 2.24) is 0 Å². The van der Waals surface area contributed by atoms with Crippen molar-refractivity contribution in [2.24, 2.45) is 0 Å². The normalized spacial score (nSPS) is 8.80. The van der Waals surface area contributed by atoms with Crippen molar-refractivity contribution in [1.29, 1.82) is 5.39 Å². The zero-order chi connectivity index (χ0) is 7.40. The maximum atomic E-state index is 8.46. The van der Waals surface area contributed by atoms with Gasteiger partial charge in [0, 0.05) is 6.07 Å². The van der Waals surface area contributed by atoms with Gasteiger partial charge in [-0.2, -0.15) is 0 Å². The predicted octanol–water partition coefficient (Wildman–Crippen LogP) is 2.89. The molecule has 0 aliphatic rings. The van der Waals surface area contributed by atoms with Crippen molar-refractivity contribution in [3.8, 4) is 0 Å². The summed E-state index contributed by atoms with van der Waals surface area (Å²) in [5, 5.41) is 8.46. The quantitative estimate of drug-likeness (QED) is 0.456. The molecule has 0 spiro atoms. The van der Waals surface area contributed by atoms with Crippen LogP contribution < -0.4 is 0 Å². The van der Waals surface area contributed by atoms with Crippen LogP contribution in [0.5, 0.6) is 0 Å². The lowest BCUT2D eigenvalue weighted by Crippen LogP contribution is -1.67. The molecule has 0 fully saturated rings. The standard InChI is InChI=1S/C7H7N2S/c1-10-7-5-3-2-4-6(7)9-8/h2-5H,1H3/q+1. The molecule has 0 saturated heterocycles. The Morgan fingerprint density at radius 1 is 1.40 bits per heavy atom. The molecular weight excluding hydrogens is 144 g/mol. The Labute approximate surface area is 63.9 Å². The molecule has 0 atom stereocenters. The van der Waals surface area contributed by atoms with E-state index >= 15 is 0 Å². The van der Waals surface area contributed by atoms with Crippen LogP contribution in [0.1, 0.15) is 0 Å². The lowest BCUT2D eigenvalue weighted by molar-refractivity contribution is 1.40. The molecule has 1 rings (SSSR count). The van der Waals surface area contributed by atoms with E-state index in [1.807, 2.05) is 24.5 Å². The molecular formula is C7H7N2S+. The first-order chi connectivity index (χ1) is 4.88. The summed E-state index contributed by atoms with van der Waals surface area (Å²) in [6.07, 6.45) is 1.95. The van der Waals surface area contributed by atoms with Crippen molar-refractivity contribution < 1.29 is 0 Å². The number of nitrogens with zero attached hydrogens (tertiary/aromatic N) is 2. The van der Waals surface area contributed by atoms with Crippen molar-refractivity contribution in [2.45, 2.75) is 4.90 Å². The molecule has 0 aliphatic heterocycles. The number of thioether (sulfide) groups is 1. The van der Waals surface area contributed by atoms with Crippen LogP contribution in [0.4, 0.5) is 5.69 Å². The predicted molar refractivity (Wildman–Crippen MR) is 43.0 cm³/mol. The van der Waals surface area contributed by atoms with Gasteiger partial charge in [0.05, 0.1) is 0 Å². The smallest absolute Gasteiger partial charge is 0.121 e. The van der Waals surface area contributed by atoms with Gasteiger partial charge in [0.15, 0.2) is 4.98 Å². The fourth-order valence-corrected chi connectivity index (χ4v) is 1.25. The van der Waals surface area contributed by atoms with E-state index < -0.39 is 0 Å². The second-order valence-electron chi connectivity index (χ2n) is 1.77. The highest BCUT2D eigenvalue weighted by atomic mass is 32.2. The van der Waals surface area contributed by atoms with Crippen molar-refractivity contribution in [3.05, 3.63) is 29.2 Å². The first kappa shape index (κ1) is 7.10. The van der Waals surface area contributed by atoms with Crippen LogP contribution in [0.25, 0.3) is 4.98 Å². The van der Waals surface area contributed by atoms with Gasteiger partial charge in [0.2, 0.25) is 5.39 Å². The number of diazo groups is 1. The fourth-order valence-electron chi connectivity index (χ4n) is 0.712. The van der Waals surface area contributed by atoms with Crippen molar-refractivity contribution >= 4 is 17.4 Å². The average molecular weight is 151 g/mol. The third-order valence-electron chi connectivity index (χ3n) is 1.19. The average Bonchev–Trinajstić information content (AvgIpc) is 2.04. The lowest BCUT2D eigenvalue weighted by Gasteiger charge is -1.86. The van der Waals surface area contributed by atoms with Crippen LogP contribution >= 0.6 is 11.8 Å². The molecule has 10 heavy (non-hydrogen) atoms.